The SMILES string of the molecule is Cc1ccc(C(O)C2OC3OC(C)(C)OC3C2O)cc1Cc1ccc(Cl)cc1. The molecule has 2 saturated heterocycles. The molecule has 0 aromatic heterocycles. The summed E-state index contributed by atoms with van der Waals surface area (Å²) in [6.45, 7) is 5.59. The number of hydrogen-bond donors (Lipinski definition) is 2. The van der Waals surface area contributed by atoms with Gasteiger partial charge in [-0.05, 0) is 61.6 Å². The van der Waals surface area contributed by atoms with Crippen molar-refractivity contribution in [2.75, 3.05) is 0 Å². The monoisotopic (exact) mass is 404 g/mol. The van der Waals surface area contributed by atoms with Gasteiger partial charge in [-0.25, -0.2) is 0 Å². The van der Waals surface area contributed by atoms with Crippen LogP contribution in [-0.2, 0) is 20.6 Å². The van der Waals surface area contributed by atoms with E-state index in [-0.39, 0.29) is 0 Å². The summed E-state index contributed by atoms with van der Waals surface area (Å²) in [5.74, 6) is -0.804. The number of halogens is 1. The first-order valence-corrected chi connectivity index (χ1v) is 9.82. The molecule has 2 N–H and O–H groups in total. The summed E-state index contributed by atoms with van der Waals surface area (Å²) in [6.07, 6.45) is -3.32. The number of aliphatic hydroxyl groups is 2. The smallest absolute Gasteiger partial charge is 0.190 e. The lowest BCUT2D eigenvalue weighted by Gasteiger charge is -2.26. The molecule has 2 fully saturated rings. The van der Waals surface area contributed by atoms with E-state index in [1.807, 2.05) is 49.4 Å². The third-order valence-electron chi connectivity index (χ3n) is 5.39. The van der Waals surface area contributed by atoms with Crippen LogP contribution in [0.2, 0.25) is 5.02 Å². The molecule has 0 radical (unpaired) electrons. The summed E-state index contributed by atoms with van der Waals surface area (Å²) in [5, 5.41) is 22.2. The molecule has 2 aromatic rings. The average molecular weight is 405 g/mol. The van der Waals surface area contributed by atoms with Gasteiger partial charge in [0.1, 0.15) is 24.4 Å². The number of rotatable bonds is 4. The lowest BCUT2D eigenvalue weighted by atomic mass is 9.93. The van der Waals surface area contributed by atoms with Gasteiger partial charge in [0, 0.05) is 5.02 Å². The van der Waals surface area contributed by atoms with Crippen molar-refractivity contribution in [3.05, 3.63) is 69.7 Å². The zero-order valence-corrected chi connectivity index (χ0v) is 16.9. The molecule has 6 heteroatoms. The highest BCUT2D eigenvalue weighted by atomic mass is 35.5. The first-order chi connectivity index (χ1) is 13.2. The fourth-order valence-electron chi connectivity index (χ4n) is 3.85. The van der Waals surface area contributed by atoms with Crippen LogP contribution in [0.1, 0.15) is 42.2 Å². The molecular formula is C22H25ClO5. The highest BCUT2D eigenvalue weighted by molar-refractivity contribution is 6.30. The van der Waals surface area contributed by atoms with E-state index in [0.717, 1.165) is 23.1 Å². The minimum atomic E-state index is -0.986. The molecule has 2 aromatic carbocycles. The van der Waals surface area contributed by atoms with Crippen LogP contribution in [0.5, 0.6) is 0 Å². The summed E-state index contributed by atoms with van der Waals surface area (Å²) in [7, 11) is 0. The zero-order chi connectivity index (χ0) is 20.1. The molecule has 5 nitrogen and oxygen atoms in total. The highest BCUT2D eigenvalue weighted by Crippen LogP contribution is 2.41. The van der Waals surface area contributed by atoms with Gasteiger partial charge in [-0.3, -0.25) is 0 Å². The second kappa shape index (κ2) is 7.41. The number of hydrogen-bond acceptors (Lipinski definition) is 5. The van der Waals surface area contributed by atoms with Crippen LogP contribution >= 0.6 is 11.6 Å². The molecule has 0 aliphatic carbocycles. The van der Waals surface area contributed by atoms with Gasteiger partial charge < -0.3 is 24.4 Å². The second-order valence-corrected chi connectivity index (χ2v) is 8.43. The van der Waals surface area contributed by atoms with Crippen molar-refractivity contribution in [1.29, 1.82) is 0 Å². The van der Waals surface area contributed by atoms with Crippen molar-refractivity contribution in [3.63, 3.8) is 0 Å². The Morgan fingerprint density at radius 3 is 2.50 bits per heavy atom. The van der Waals surface area contributed by atoms with Gasteiger partial charge in [0.2, 0.25) is 0 Å². The molecule has 2 heterocycles. The molecule has 0 saturated carbocycles. The van der Waals surface area contributed by atoms with Crippen LogP contribution in [0.3, 0.4) is 0 Å². The standard InChI is InChI=1S/C22H25ClO5/c1-12-4-7-14(11-15(12)10-13-5-8-16(23)9-6-13)17(24)19-18(25)20-21(26-19)28-22(2,3)27-20/h4-9,11,17-21,24-25H,10H2,1-3H3. The van der Waals surface area contributed by atoms with Crippen LogP contribution in [0, 0.1) is 6.92 Å². The predicted octanol–water partition coefficient (Wildman–Crippen LogP) is 3.51. The molecule has 2 aliphatic rings. The zero-order valence-electron chi connectivity index (χ0n) is 16.1. The van der Waals surface area contributed by atoms with Gasteiger partial charge in [-0.15, -0.1) is 0 Å². The van der Waals surface area contributed by atoms with E-state index in [9.17, 15) is 10.2 Å². The molecule has 2 aliphatic heterocycles. The van der Waals surface area contributed by atoms with Gasteiger partial charge in [0.05, 0.1) is 0 Å². The van der Waals surface area contributed by atoms with Crippen molar-refractivity contribution < 1.29 is 24.4 Å². The molecule has 0 spiro atoms. The Balaban J connectivity index is 1.52. The van der Waals surface area contributed by atoms with Crippen molar-refractivity contribution in [3.8, 4) is 0 Å². The van der Waals surface area contributed by atoms with Gasteiger partial charge in [-0.1, -0.05) is 41.9 Å². The van der Waals surface area contributed by atoms with Crippen LogP contribution in [0.15, 0.2) is 42.5 Å². The lowest BCUT2D eigenvalue weighted by molar-refractivity contribution is -0.226. The van der Waals surface area contributed by atoms with Gasteiger partial charge in [0.15, 0.2) is 12.1 Å². The van der Waals surface area contributed by atoms with Crippen LogP contribution < -0.4 is 0 Å². The Bertz CT molecular complexity index is 851. The Morgan fingerprint density at radius 1 is 1.11 bits per heavy atom. The fraction of sp³-hybridized carbons (Fsp3) is 0.455. The highest BCUT2D eigenvalue weighted by Gasteiger charge is 2.56. The third kappa shape index (κ3) is 3.83. The molecule has 28 heavy (non-hydrogen) atoms. The van der Waals surface area contributed by atoms with E-state index in [1.54, 1.807) is 13.8 Å². The molecule has 0 amide bonds. The third-order valence-corrected chi connectivity index (χ3v) is 5.64. The maximum Gasteiger partial charge on any atom is 0.190 e. The minimum Gasteiger partial charge on any atom is -0.387 e. The van der Waals surface area contributed by atoms with Crippen molar-refractivity contribution >= 4 is 11.6 Å². The van der Waals surface area contributed by atoms with Crippen LogP contribution in [0.25, 0.3) is 0 Å². The molecular weight excluding hydrogens is 380 g/mol. The van der Waals surface area contributed by atoms with E-state index < -0.39 is 36.5 Å². The Hall–Kier alpha value is -1.47. The van der Waals surface area contributed by atoms with Gasteiger partial charge in [0.25, 0.3) is 0 Å². The number of fused-ring (bicyclic) bond motifs is 1. The lowest BCUT2D eigenvalue weighted by Crippen LogP contribution is -2.37. The maximum atomic E-state index is 10.9. The van der Waals surface area contributed by atoms with E-state index in [4.69, 9.17) is 25.8 Å². The number of benzene rings is 2. The largest absolute Gasteiger partial charge is 0.387 e. The van der Waals surface area contributed by atoms with E-state index >= 15 is 0 Å². The molecule has 5 unspecified atom stereocenters. The number of aryl methyl sites for hydroxylation is 1. The summed E-state index contributed by atoms with van der Waals surface area (Å²) in [4.78, 5) is 0. The number of ether oxygens (including phenoxy) is 3. The molecule has 150 valence electrons. The van der Waals surface area contributed by atoms with Crippen LogP contribution in [-0.4, -0.2) is 40.6 Å². The van der Waals surface area contributed by atoms with Crippen molar-refractivity contribution in [2.45, 2.75) is 63.7 Å². The van der Waals surface area contributed by atoms with Gasteiger partial charge >= 0.3 is 0 Å². The molecule has 0 bridgehead atoms. The average Bonchev–Trinajstić information content (AvgIpc) is 3.11. The maximum absolute atomic E-state index is 10.9. The second-order valence-electron chi connectivity index (χ2n) is 7.99. The summed E-state index contributed by atoms with van der Waals surface area (Å²) in [5.41, 5.74) is 4.05. The minimum absolute atomic E-state index is 0.603. The first-order valence-electron chi connectivity index (χ1n) is 9.44. The quantitative estimate of drug-likeness (QED) is 0.816. The topological polar surface area (TPSA) is 68.2 Å². The van der Waals surface area contributed by atoms with Crippen molar-refractivity contribution in [1.82, 2.24) is 0 Å². The Morgan fingerprint density at radius 2 is 1.82 bits per heavy atom. The van der Waals surface area contributed by atoms with Crippen molar-refractivity contribution in [2.24, 2.45) is 0 Å². The summed E-state index contributed by atoms with van der Waals surface area (Å²) in [6, 6.07) is 13.5. The summed E-state index contributed by atoms with van der Waals surface area (Å²) < 4.78 is 17.2. The van der Waals surface area contributed by atoms with Gasteiger partial charge in [-0.2, -0.15) is 0 Å². The summed E-state index contributed by atoms with van der Waals surface area (Å²) >= 11 is 5.97. The Labute approximate surface area is 169 Å². The van der Waals surface area contributed by atoms with E-state index in [2.05, 4.69) is 0 Å². The Kier molecular flexibility index (Phi) is 5.25. The van der Waals surface area contributed by atoms with E-state index in [1.165, 1.54) is 0 Å². The first kappa shape index (κ1) is 19.8. The van der Waals surface area contributed by atoms with Crippen LogP contribution in [0.4, 0.5) is 0 Å². The normalized spacial score (nSPS) is 29.6. The molecule has 5 atom stereocenters. The fourth-order valence-corrected chi connectivity index (χ4v) is 3.98. The molecule has 4 rings (SSSR count). The number of aliphatic hydroxyl groups excluding tert-OH is 2. The van der Waals surface area contributed by atoms with E-state index in [0.29, 0.717) is 10.6 Å². The predicted molar refractivity (Wildman–Crippen MR) is 105 cm³/mol.